The van der Waals surface area contributed by atoms with E-state index in [0.717, 1.165) is 26.8 Å². The van der Waals surface area contributed by atoms with E-state index in [9.17, 15) is 28.8 Å². The van der Waals surface area contributed by atoms with Gasteiger partial charge in [-0.1, -0.05) is 54.6 Å². The normalized spacial score (nSPS) is 16.3. The molecule has 4 aromatic rings. The first-order valence-electron chi connectivity index (χ1n) is 16.4. The van der Waals surface area contributed by atoms with Crippen molar-refractivity contribution >= 4 is 57.6 Å². The van der Waals surface area contributed by atoms with Crippen LogP contribution in [0.3, 0.4) is 0 Å². The molecule has 11 heteroatoms. The highest BCUT2D eigenvalue weighted by molar-refractivity contribution is 6.25. The summed E-state index contributed by atoms with van der Waals surface area (Å²) in [4.78, 5) is 77.3. The van der Waals surface area contributed by atoms with Crippen LogP contribution >= 0.6 is 0 Å². The molecule has 6 amide bonds. The van der Waals surface area contributed by atoms with Crippen LogP contribution in [0.5, 0.6) is 0 Å². The van der Waals surface area contributed by atoms with E-state index in [1.54, 1.807) is 30.3 Å². The third-order valence-electron chi connectivity index (χ3n) is 9.02. The number of aryl methyl sites for hydroxylation is 1. The molecule has 1 fully saturated rings. The van der Waals surface area contributed by atoms with Gasteiger partial charge < -0.3 is 16.0 Å². The van der Waals surface area contributed by atoms with Gasteiger partial charge in [-0.25, -0.2) is 0 Å². The van der Waals surface area contributed by atoms with Crippen molar-refractivity contribution in [2.75, 3.05) is 17.2 Å². The monoisotopic (exact) mass is 659 g/mol. The van der Waals surface area contributed by atoms with Crippen LogP contribution in [0.25, 0.3) is 10.8 Å². The molecule has 6 rings (SSSR count). The van der Waals surface area contributed by atoms with E-state index < -0.39 is 29.7 Å². The van der Waals surface area contributed by atoms with Gasteiger partial charge in [0.1, 0.15) is 6.04 Å². The average Bonchev–Trinajstić information content (AvgIpc) is 3.34. The van der Waals surface area contributed by atoms with E-state index in [2.05, 4.69) is 21.3 Å². The lowest BCUT2D eigenvalue weighted by Crippen LogP contribution is -2.54. The molecular weight excluding hydrogens is 622 g/mol. The second-order valence-electron chi connectivity index (χ2n) is 12.4. The highest BCUT2D eigenvalue weighted by Gasteiger charge is 2.45. The SMILES string of the molecule is Cc1ccc(NC(=O)CCCCNc2cccc3c2C(=O)N(C2CCC(=O)NC2=O)C3=O)cc1C(=O)N[C@H](C)c1cccc2ccccc12. The molecule has 1 unspecified atom stereocenters. The summed E-state index contributed by atoms with van der Waals surface area (Å²) in [5, 5.41) is 13.6. The number of carbonyl (C=O) groups is 6. The first-order valence-corrected chi connectivity index (χ1v) is 16.4. The first kappa shape index (κ1) is 33.1. The Labute approximate surface area is 283 Å². The van der Waals surface area contributed by atoms with Crippen molar-refractivity contribution in [1.82, 2.24) is 15.5 Å². The lowest BCUT2D eigenvalue weighted by Gasteiger charge is -2.27. The number of rotatable bonds is 11. The molecule has 250 valence electrons. The molecule has 0 saturated carbocycles. The van der Waals surface area contributed by atoms with Gasteiger partial charge in [-0.3, -0.25) is 39.0 Å². The van der Waals surface area contributed by atoms with Crippen molar-refractivity contribution in [3.05, 3.63) is 107 Å². The number of benzene rings is 4. The second-order valence-corrected chi connectivity index (χ2v) is 12.4. The van der Waals surface area contributed by atoms with Crippen LogP contribution in [0.15, 0.2) is 78.9 Å². The number of nitrogens with one attached hydrogen (secondary N) is 4. The topological polar surface area (TPSA) is 154 Å². The number of anilines is 2. The van der Waals surface area contributed by atoms with Crippen LogP contribution in [0.2, 0.25) is 0 Å². The van der Waals surface area contributed by atoms with Gasteiger partial charge in [0, 0.05) is 36.3 Å². The van der Waals surface area contributed by atoms with Gasteiger partial charge in [0.25, 0.3) is 17.7 Å². The van der Waals surface area contributed by atoms with Gasteiger partial charge in [0.05, 0.1) is 17.2 Å². The van der Waals surface area contributed by atoms with Gasteiger partial charge in [0.15, 0.2) is 0 Å². The maximum Gasteiger partial charge on any atom is 0.264 e. The van der Waals surface area contributed by atoms with Crippen molar-refractivity contribution < 1.29 is 28.8 Å². The predicted molar refractivity (Wildman–Crippen MR) is 185 cm³/mol. The molecule has 2 aliphatic rings. The number of hydrogen-bond donors (Lipinski definition) is 4. The minimum Gasteiger partial charge on any atom is -0.384 e. The maximum absolute atomic E-state index is 13.3. The number of carbonyl (C=O) groups excluding carboxylic acids is 6. The van der Waals surface area contributed by atoms with Gasteiger partial charge in [-0.05, 0) is 79.3 Å². The van der Waals surface area contributed by atoms with E-state index in [1.165, 1.54) is 0 Å². The van der Waals surface area contributed by atoms with Crippen molar-refractivity contribution in [2.45, 2.75) is 58.0 Å². The summed E-state index contributed by atoms with van der Waals surface area (Å²) in [6.07, 6.45) is 1.52. The van der Waals surface area contributed by atoms with Gasteiger partial charge in [0.2, 0.25) is 17.7 Å². The van der Waals surface area contributed by atoms with E-state index in [4.69, 9.17) is 0 Å². The maximum atomic E-state index is 13.3. The Morgan fingerprint density at radius 1 is 0.918 bits per heavy atom. The molecule has 4 aromatic carbocycles. The Morgan fingerprint density at radius 3 is 2.51 bits per heavy atom. The van der Waals surface area contributed by atoms with E-state index in [1.807, 2.05) is 62.4 Å². The molecule has 2 heterocycles. The third kappa shape index (κ3) is 6.92. The van der Waals surface area contributed by atoms with E-state index in [0.29, 0.717) is 36.3 Å². The lowest BCUT2D eigenvalue weighted by molar-refractivity contribution is -0.136. The number of nitrogens with zero attached hydrogens (tertiary/aromatic N) is 1. The van der Waals surface area contributed by atoms with Crippen molar-refractivity contribution in [3.8, 4) is 0 Å². The predicted octanol–water partition coefficient (Wildman–Crippen LogP) is 5.26. The summed E-state index contributed by atoms with van der Waals surface area (Å²) in [6.45, 7) is 4.25. The quantitative estimate of drug-likeness (QED) is 0.127. The fourth-order valence-electron chi connectivity index (χ4n) is 6.44. The Bertz CT molecular complexity index is 2000. The largest absolute Gasteiger partial charge is 0.384 e. The number of piperidine rings is 1. The average molecular weight is 660 g/mol. The first-order chi connectivity index (χ1) is 23.6. The molecule has 1 saturated heterocycles. The number of imide groups is 2. The molecule has 2 atom stereocenters. The number of fused-ring (bicyclic) bond motifs is 2. The van der Waals surface area contributed by atoms with Crippen LogP contribution in [0, 0.1) is 6.92 Å². The molecule has 0 aliphatic carbocycles. The Kier molecular flexibility index (Phi) is 9.52. The molecule has 2 aliphatic heterocycles. The number of amides is 6. The summed E-state index contributed by atoms with van der Waals surface area (Å²) >= 11 is 0. The molecule has 49 heavy (non-hydrogen) atoms. The third-order valence-corrected chi connectivity index (χ3v) is 9.02. The standard InChI is InChI=1S/C38H37N5O6/c1-22-16-17-25(21-29(22)35(46)40-23(2)26-12-7-10-24-9-3-4-11-27(24)26)41-32(44)15-5-6-20-39-30-14-8-13-28-34(30)38(49)43(37(28)48)31-18-19-33(45)42-36(31)47/h3-4,7-14,16-17,21,23,31,39H,5-6,15,18-20H2,1-2H3,(H,40,46)(H,41,44)(H,42,45,47)/t23-,31?/m1/s1. The van der Waals surface area contributed by atoms with Crippen LogP contribution in [-0.4, -0.2) is 52.9 Å². The van der Waals surface area contributed by atoms with Gasteiger partial charge in [-0.15, -0.1) is 0 Å². The molecule has 0 aromatic heterocycles. The molecular formula is C38H37N5O6. The molecule has 0 bridgehead atoms. The van der Waals surface area contributed by atoms with Crippen LogP contribution < -0.4 is 21.3 Å². The van der Waals surface area contributed by atoms with E-state index in [-0.39, 0.29) is 48.2 Å². The smallest absolute Gasteiger partial charge is 0.264 e. The zero-order valence-electron chi connectivity index (χ0n) is 27.3. The fraction of sp³-hybridized carbons (Fsp3) is 0.263. The number of unbranched alkanes of at least 4 members (excludes halogenated alkanes) is 1. The van der Waals surface area contributed by atoms with Crippen molar-refractivity contribution in [3.63, 3.8) is 0 Å². The summed E-state index contributed by atoms with van der Waals surface area (Å²) in [5.74, 6) is -2.65. The molecule has 0 radical (unpaired) electrons. The second kappa shape index (κ2) is 14.1. The highest BCUT2D eigenvalue weighted by atomic mass is 16.2. The molecule has 4 N–H and O–H groups in total. The summed E-state index contributed by atoms with van der Waals surface area (Å²) in [6, 6.07) is 23.0. The molecule has 11 nitrogen and oxygen atoms in total. The minimum atomic E-state index is -1.03. The van der Waals surface area contributed by atoms with Crippen molar-refractivity contribution in [2.24, 2.45) is 0 Å². The summed E-state index contributed by atoms with van der Waals surface area (Å²) < 4.78 is 0. The van der Waals surface area contributed by atoms with Crippen LogP contribution in [0.4, 0.5) is 11.4 Å². The highest BCUT2D eigenvalue weighted by Crippen LogP contribution is 2.32. The van der Waals surface area contributed by atoms with E-state index >= 15 is 0 Å². The molecule has 0 spiro atoms. The Balaban J connectivity index is 1.00. The zero-order chi connectivity index (χ0) is 34.7. The summed E-state index contributed by atoms with van der Waals surface area (Å²) in [5.41, 5.74) is 3.69. The van der Waals surface area contributed by atoms with Gasteiger partial charge >= 0.3 is 0 Å². The minimum absolute atomic E-state index is 0.0504. The lowest BCUT2D eigenvalue weighted by atomic mass is 9.99. The van der Waals surface area contributed by atoms with Crippen LogP contribution in [0.1, 0.15) is 87.3 Å². The number of hydrogen-bond acceptors (Lipinski definition) is 7. The zero-order valence-corrected chi connectivity index (χ0v) is 27.3. The van der Waals surface area contributed by atoms with Gasteiger partial charge in [-0.2, -0.15) is 0 Å². The van der Waals surface area contributed by atoms with Crippen LogP contribution in [-0.2, 0) is 14.4 Å². The summed E-state index contributed by atoms with van der Waals surface area (Å²) in [7, 11) is 0. The van der Waals surface area contributed by atoms with Crippen molar-refractivity contribution in [1.29, 1.82) is 0 Å². The Hall–Kier alpha value is -5.84. The fourth-order valence-corrected chi connectivity index (χ4v) is 6.44. The Morgan fingerprint density at radius 2 is 1.69 bits per heavy atom.